The van der Waals surface area contributed by atoms with Crippen molar-refractivity contribution >= 4 is 6.98 Å². The highest BCUT2D eigenvalue weighted by Gasteiger charge is 2.40. The van der Waals surface area contributed by atoms with Gasteiger partial charge in [0.1, 0.15) is 0 Å². The molecule has 1 aliphatic rings. The molecule has 1 aliphatic carbocycles. The van der Waals surface area contributed by atoms with Crippen molar-refractivity contribution in [2.24, 2.45) is 0 Å². The van der Waals surface area contributed by atoms with Crippen LogP contribution in [-0.2, 0) is 0 Å². The predicted octanol–water partition coefficient (Wildman–Crippen LogP) is 1.79. The highest BCUT2D eigenvalue weighted by molar-refractivity contribution is 6.58. The van der Waals surface area contributed by atoms with E-state index in [1.165, 1.54) is 4.90 Å². The molecule has 0 spiro atoms. The second-order valence-electron chi connectivity index (χ2n) is 4.88. The lowest BCUT2D eigenvalue weighted by atomic mass is 9.75. The first-order valence-electron chi connectivity index (χ1n) is 5.32. The Kier molecular flexibility index (Phi) is 3.71. The standard InChI is InChI=1S/C9H19BF3N2/c1-14(2)9(5-4-6-9)7-15(3)8-10(11,12)13/h4-8H2,1-3H3/q-1. The fourth-order valence-electron chi connectivity index (χ4n) is 2.25. The van der Waals surface area contributed by atoms with Gasteiger partial charge in [-0.1, -0.05) is 0 Å². The van der Waals surface area contributed by atoms with Crippen LogP contribution >= 0.6 is 0 Å². The summed E-state index contributed by atoms with van der Waals surface area (Å²) in [6.07, 6.45) is 2.39. The van der Waals surface area contributed by atoms with Crippen LogP contribution in [0.15, 0.2) is 0 Å². The van der Waals surface area contributed by atoms with Gasteiger partial charge in [0, 0.05) is 12.1 Å². The first-order chi connectivity index (χ1) is 6.75. The summed E-state index contributed by atoms with van der Waals surface area (Å²) in [7, 11) is 5.45. The summed E-state index contributed by atoms with van der Waals surface area (Å²) < 4.78 is 36.6. The molecule has 1 saturated carbocycles. The minimum absolute atomic E-state index is 0.0178. The van der Waals surface area contributed by atoms with Crippen molar-refractivity contribution in [3.8, 4) is 0 Å². The maximum absolute atomic E-state index is 12.2. The number of halogens is 3. The number of hydrogen-bond donors (Lipinski definition) is 0. The summed E-state index contributed by atoms with van der Waals surface area (Å²) in [5.41, 5.74) is -0.0178. The van der Waals surface area contributed by atoms with E-state index in [4.69, 9.17) is 0 Å². The molecule has 0 saturated heterocycles. The average Bonchev–Trinajstić information content (AvgIpc) is 1.92. The van der Waals surface area contributed by atoms with Crippen LogP contribution in [0.3, 0.4) is 0 Å². The van der Waals surface area contributed by atoms with Gasteiger partial charge in [-0.05, 0) is 46.8 Å². The number of hydrogen-bond acceptors (Lipinski definition) is 2. The lowest BCUT2D eigenvalue weighted by molar-refractivity contribution is 0.0303. The van der Waals surface area contributed by atoms with Crippen molar-refractivity contribution in [2.45, 2.75) is 24.8 Å². The van der Waals surface area contributed by atoms with E-state index in [0.717, 1.165) is 19.3 Å². The summed E-state index contributed by atoms with van der Waals surface area (Å²) in [6, 6.07) is 0. The minimum Gasteiger partial charge on any atom is -0.448 e. The fourth-order valence-corrected chi connectivity index (χ4v) is 2.25. The highest BCUT2D eigenvalue weighted by Crippen LogP contribution is 2.36. The van der Waals surface area contributed by atoms with E-state index in [2.05, 4.69) is 4.90 Å². The summed E-state index contributed by atoms with van der Waals surface area (Å²) in [6.45, 7) is -4.18. The Morgan fingerprint density at radius 2 is 1.67 bits per heavy atom. The van der Waals surface area contributed by atoms with Crippen molar-refractivity contribution in [1.29, 1.82) is 0 Å². The van der Waals surface area contributed by atoms with Gasteiger partial charge < -0.3 is 22.7 Å². The monoisotopic (exact) mass is 223 g/mol. The molecule has 1 rings (SSSR count). The molecule has 90 valence electrons. The third-order valence-electron chi connectivity index (χ3n) is 3.32. The molecule has 0 N–H and O–H groups in total. The highest BCUT2D eigenvalue weighted by atomic mass is 19.4. The molecular formula is C9H19BF3N2-. The van der Waals surface area contributed by atoms with Crippen molar-refractivity contribution in [2.75, 3.05) is 34.1 Å². The van der Waals surface area contributed by atoms with Gasteiger partial charge in [0.25, 0.3) is 0 Å². The molecule has 0 aliphatic heterocycles. The fraction of sp³-hybridized carbons (Fsp3) is 1.00. The van der Waals surface area contributed by atoms with E-state index in [-0.39, 0.29) is 5.54 Å². The third kappa shape index (κ3) is 3.38. The average molecular weight is 223 g/mol. The molecule has 0 aromatic heterocycles. The zero-order valence-corrected chi connectivity index (χ0v) is 9.64. The molecule has 0 heterocycles. The van der Waals surface area contributed by atoms with Gasteiger partial charge in [0.2, 0.25) is 0 Å². The Balaban J connectivity index is 2.46. The first-order valence-corrected chi connectivity index (χ1v) is 5.32. The largest absolute Gasteiger partial charge is 0.492 e. The Hall–Kier alpha value is -0.225. The molecule has 6 heteroatoms. The van der Waals surface area contributed by atoms with E-state index in [9.17, 15) is 12.9 Å². The van der Waals surface area contributed by atoms with Crippen molar-refractivity contribution < 1.29 is 12.9 Å². The van der Waals surface area contributed by atoms with E-state index >= 15 is 0 Å². The lowest BCUT2D eigenvalue weighted by Crippen LogP contribution is -2.57. The first kappa shape index (κ1) is 12.8. The zero-order valence-electron chi connectivity index (χ0n) is 9.64. The van der Waals surface area contributed by atoms with Gasteiger partial charge in [-0.2, -0.15) is 0 Å². The SMILES string of the molecule is CN(C[B-](F)(F)F)CC1(N(C)C)CCC1. The van der Waals surface area contributed by atoms with Crippen molar-refractivity contribution in [3.05, 3.63) is 0 Å². The van der Waals surface area contributed by atoms with Crippen LogP contribution in [0.25, 0.3) is 0 Å². The normalized spacial score (nSPS) is 20.8. The number of likely N-dealkylation sites (N-methyl/N-ethyl adjacent to an activating group) is 2. The summed E-state index contributed by atoms with van der Waals surface area (Å²) >= 11 is 0. The molecule has 0 atom stereocenters. The summed E-state index contributed by atoms with van der Waals surface area (Å²) in [5.74, 6) is 0. The Morgan fingerprint density at radius 3 is 1.93 bits per heavy atom. The smallest absolute Gasteiger partial charge is 0.448 e. The molecule has 0 aromatic rings. The molecule has 15 heavy (non-hydrogen) atoms. The molecular weight excluding hydrogens is 204 g/mol. The predicted molar refractivity (Wildman–Crippen MR) is 56.8 cm³/mol. The summed E-state index contributed by atoms with van der Waals surface area (Å²) in [5, 5.41) is 0. The van der Waals surface area contributed by atoms with Crippen LogP contribution < -0.4 is 0 Å². The molecule has 2 nitrogen and oxygen atoms in total. The quantitative estimate of drug-likeness (QED) is 0.655. The molecule has 1 fully saturated rings. The molecule has 0 unspecified atom stereocenters. The van der Waals surface area contributed by atoms with Crippen molar-refractivity contribution in [3.63, 3.8) is 0 Å². The molecule has 0 radical (unpaired) electrons. The number of rotatable bonds is 5. The second kappa shape index (κ2) is 4.33. The topological polar surface area (TPSA) is 6.48 Å². The lowest BCUT2D eigenvalue weighted by Gasteiger charge is -2.50. The van der Waals surface area contributed by atoms with Crippen LogP contribution in [-0.4, -0.2) is 56.4 Å². The van der Waals surface area contributed by atoms with Gasteiger partial charge in [-0.3, -0.25) is 0 Å². The third-order valence-corrected chi connectivity index (χ3v) is 3.32. The minimum atomic E-state index is -4.70. The van der Waals surface area contributed by atoms with E-state index in [1.54, 1.807) is 7.05 Å². The van der Waals surface area contributed by atoms with Crippen LogP contribution in [0.2, 0.25) is 0 Å². The number of nitrogens with zero attached hydrogens (tertiary/aromatic N) is 2. The van der Waals surface area contributed by atoms with E-state index in [1.807, 2.05) is 14.1 Å². The zero-order chi connectivity index (χ0) is 11.7. The van der Waals surface area contributed by atoms with E-state index in [0.29, 0.717) is 6.54 Å². The Labute approximate surface area is 89.5 Å². The van der Waals surface area contributed by atoms with Gasteiger partial charge in [0.05, 0.1) is 0 Å². The summed E-state index contributed by atoms with van der Waals surface area (Å²) in [4.78, 5) is 3.47. The second-order valence-corrected chi connectivity index (χ2v) is 4.88. The Bertz CT molecular complexity index is 214. The molecule has 0 amide bonds. The van der Waals surface area contributed by atoms with Crippen molar-refractivity contribution in [1.82, 2.24) is 9.80 Å². The van der Waals surface area contributed by atoms with Crippen LogP contribution in [0.5, 0.6) is 0 Å². The van der Waals surface area contributed by atoms with Gasteiger partial charge in [-0.15, -0.1) is 0 Å². The van der Waals surface area contributed by atoms with E-state index < -0.39 is 13.4 Å². The van der Waals surface area contributed by atoms with Crippen LogP contribution in [0, 0.1) is 0 Å². The molecule has 0 bridgehead atoms. The van der Waals surface area contributed by atoms with Crippen LogP contribution in [0.1, 0.15) is 19.3 Å². The van der Waals surface area contributed by atoms with Gasteiger partial charge >= 0.3 is 6.98 Å². The van der Waals surface area contributed by atoms with Gasteiger partial charge in [-0.25, -0.2) is 0 Å². The Morgan fingerprint density at radius 1 is 1.13 bits per heavy atom. The maximum atomic E-state index is 12.2. The van der Waals surface area contributed by atoms with Crippen LogP contribution in [0.4, 0.5) is 12.9 Å². The van der Waals surface area contributed by atoms with Gasteiger partial charge in [0.15, 0.2) is 0 Å². The maximum Gasteiger partial charge on any atom is 0.492 e. The molecule has 0 aromatic carbocycles.